The molecule has 170 valence electrons. The Bertz CT molecular complexity index is 1300. The summed E-state index contributed by atoms with van der Waals surface area (Å²) in [5, 5.41) is 17.7. The maximum absolute atomic E-state index is 14.3. The summed E-state index contributed by atoms with van der Waals surface area (Å²) < 4.78 is 31.9. The molecule has 2 heterocycles. The molecule has 0 aliphatic heterocycles. The normalized spacial score (nSPS) is 10.8. The summed E-state index contributed by atoms with van der Waals surface area (Å²) in [7, 11) is 1.49. The van der Waals surface area contributed by atoms with Gasteiger partial charge in [0.25, 0.3) is 5.91 Å². The number of nitrogens with zero attached hydrogens (tertiary/aromatic N) is 5. The van der Waals surface area contributed by atoms with Crippen LogP contribution < -0.4 is 14.8 Å². The number of benzene rings is 2. The molecule has 0 bridgehead atoms. The molecule has 2 aromatic heterocycles. The third kappa shape index (κ3) is 4.52. The molecule has 4 aromatic rings. The van der Waals surface area contributed by atoms with Gasteiger partial charge in [0.1, 0.15) is 23.9 Å². The van der Waals surface area contributed by atoms with Crippen molar-refractivity contribution in [2.75, 3.05) is 12.4 Å². The van der Waals surface area contributed by atoms with Gasteiger partial charge in [0.2, 0.25) is 0 Å². The number of rotatable bonds is 7. The van der Waals surface area contributed by atoms with Crippen molar-refractivity contribution < 1.29 is 23.2 Å². The highest BCUT2D eigenvalue weighted by Crippen LogP contribution is 2.30. The minimum Gasteiger partial charge on any atom is -0.493 e. The Hall–Kier alpha value is -4.28. The summed E-state index contributed by atoms with van der Waals surface area (Å²) in [6, 6.07) is 8.96. The topological polar surface area (TPSA) is 117 Å². The lowest BCUT2D eigenvalue weighted by atomic mass is 10.1. The van der Waals surface area contributed by atoms with E-state index in [2.05, 4.69) is 26.0 Å². The van der Waals surface area contributed by atoms with Gasteiger partial charge >= 0.3 is 0 Å². The van der Waals surface area contributed by atoms with Crippen molar-refractivity contribution in [2.45, 2.75) is 27.4 Å². The number of aromatic nitrogens is 5. The molecule has 1 N–H and O–H groups in total. The second kappa shape index (κ2) is 9.07. The van der Waals surface area contributed by atoms with Gasteiger partial charge in [-0.3, -0.25) is 4.79 Å². The van der Waals surface area contributed by atoms with Gasteiger partial charge in [-0.1, -0.05) is 5.16 Å². The van der Waals surface area contributed by atoms with Crippen LogP contribution in [0.5, 0.6) is 11.5 Å². The third-order valence-electron chi connectivity index (χ3n) is 5.04. The predicted octanol–water partition coefficient (Wildman–Crippen LogP) is 3.55. The summed E-state index contributed by atoms with van der Waals surface area (Å²) in [5.74, 6) is 1.01. The zero-order chi connectivity index (χ0) is 23.5. The first kappa shape index (κ1) is 21.9. The average Bonchev–Trinajstić information content (AvgIpc) is 3.38. The quantitative estimate of drug-likeness (QED) is 0.452. The molecule has 0 spiro atoms. The zero-order valence-electron chi connectivity index (χ0n) is 18.4. The molecule has 0 saturated heterocycles. The van der Waals surface area contributed by atoms with E-state index in [9.17, 15) is 9.18 Å². The van der Waals surface area contributed by atoms with Gasteiger partial charge < -0.3 is 19.3 Å². The molecule has 2 aromatic carbocycles. The largest absolute Gasteiger partial charge is 0.493 e. The first-order chi connectivity index (χ1) is 15.9. The predicted molar refractivity (Wildman–Crippen MR) is 115 cm³/mol. The molecule has 1 amide bonds. The van der Waals surface area contributed by atoms with Gasteiger partial charge in [-0.15, -0.1) is 5.10 Å². The molecule has 0 aliphatic rings. The Balaban J connectivity index is 1.51. The number of aryl methyl sites for hydroxylation is 3. The van der Waals surface area contributed by atoms with E-state index in [1.165, 1.54) is 30.0 Å². The highest BCUT2D eigenvalue weighted by atomic mass is 19.1. The van der Waals surface area contributed by atoms with E-state index < -0.39 is 11.7 Å². The molecule has 4 rings (SSSR count). The lowest BCUT2D eigenvalue weighted by Crippen LogP contribution is -2.13. The Labute approximate surface area is 188 Å². The maximum atomic E-state index is 14.3. The molecular formula is C22H21FN6O4. The van der Waals surface area contributed by atoms with Crippen molar-refractivity contribution in [2.24, 2.45) is 0 Å². The van der Waals surface area contributed by atoms with Crippen molar-refractivity contribution in [3.8, 4) is 17.2 Å². The van der Waals surface area contributed by atoms with Crippen LogP contribution in [0.2, 0.25) is 0 Å². The van der Waals surface area contributed by atoms with Gasteiger partial charge in [0.05, 0.1) is 18.4 Å². The van der Waals surface area contributed by atoms with Crippen LogP contribution in [0.25, 0.3) is 5.69 Å². The Morgan fingerprint density at radius 1 is 1.15 bits per heavy atom. The van der Waals surface area contributed by atoms with Crippen LogP contribution in [-0.2, 0) is 6.61 Å². The van der Waals surface area contributed by atoms with E-state index >= 15 is 0 Å². The van der Waals surface area contributed by atoms with Gasteiger partial charge in [-0.25, -0.2) is 4.39 Å². The standard InChI is InChI=1S/C22H21FN6O4/c1-12-17(13(2)33-26-12)11-32-20-8-5-15(9-21(20)31-4)22(30)24-16-6-7-18(23)19(10-16)29-14(3)25-27-28-29/h5-10H,11H2,1-4H3,(H,24,30). The van der Waals surface area contributed by atoms with E-state index in [0.717, 1.165) is 11.3 Å². The molecule has 0 radical (unpaired) electrons. The molecule has 0 atom stereocenters. The Morgan fingerprint density at radius 2 is 1.97 bits per heavy atom. The highest BCUT2D eigenvalue weighted by Gasteiger charge is 2.16. The van der Waals surface area contributed by atoms with Crippen molar-refractivity contribution in [1.29, 1.82) is 0 Å². The number of carbonyl (C=O) groups excluding carboxylic acids is 1. The first-order valence-electron chi connectivity index (χ1n) is 9.96. The van der Waals surface area contributed by atoms with Gasteiger partial charge in [-0.05, 0) is 67.6 Å². The van der Waals surface area contributed by atoms with E-state index in [-0.39, 0.29) is 12.3 Å². The van der Waals surface area contributed by atoms with Crippen molar-refractivity contribution >= 4 is 11.6 Å². The van der Waals surface area contributed by atoms with Crippen LogP contribution in [0, 0.1) is 26.6 Å². The van der Waals surface area contributed by atoms with Crippen LogP contribution in [0.1, 0.15) is 33.2 Å². The Morgan fingerprint density at radius 3 is 2.64 bits per heavy atom. The highest BCUT2D eigenvalue weighted by molar-refractivity contribution is 6.04. The van der Waals surface area contributed by atoms with Crippen LogP contribution in [0.15, 0.2) is 40.9 Å². The zero-order valence-corrected chi connectivity index (χ0v) is 18.4. The number of tetrazole rings is 1. The van der Waals surface area contributed by atoms with Crippen LogP contribution >= 0.6 is 0 Å². The number of nitrogens with one attached hydrogen (secondary N) is 1. The summed E-state index contributed by atoms with van der Waals surface area (Å²) in [6.45, 7) is 5.54. The molecule has 11 heteroatoms. The SMILES string of the molecule is COc1cc(C(=O)Nc2ccc(F)c(-n3nnnc3C)c2)ccc1OCc1c(C)noc1C. The number of ether oxygens (including phenoxy) is 2. The Kier molecular flexibility index (Phi) is 6.03. The molecular weight excluding hydrogens is 431 g/mol. The fourth-order valence-electron chi connectivity index (χ4n) is 3.20. The second-order valence-corrected chi connectivity index (χ2v) is 7.22. The van der Waals surface area contributed by atoms with E-state index in [0.29, 0.717) is 34.3 Å². The van der Waals surface area contributed by atoms with Crippen molar-refractivity contribution in [3.63, 3.8) is 0 Å². The van der Waals surface area contributed by atoms with Gasteiger partial charge in [0, 0.05) is 11.3 Å². The van der Waals surface area contributed by atoms with Crippen LogP contribution in [0.4, 0.5) is 10.1 Å². The minimum absolute atomic E-state index is 0.121. The second-order valence-electron chi connectivity index (χ2n) is 7.22. The van der Waals surface area contributed by atoms with Crippen LogP contribution in [-0.4, -0.2) is 38.4 Å². The monoisotopic (exact) mass is 452 g/mol. The average molecular weight is 452 g/mol. The number of hydrogen-bond donors (Lipinski definition) is 1. The number of hydrogen-bond acceptors (Lipinski definition) is 8. The van der Waals surface area contributed by atoms with Crippen LogP contribution in [0.3, 0.4) is 0 Å². The number of amides is 1. The molecule has 0 fully saturated rings. The number of carbonyl (C=O) groups is 1. The van der Waals surface area contributed by atoms with Crippen molar-refractivity contribution in [1.82, 2.24) is 25.4 Å². The number of halogens is 1. The number of anilines is 1. The summed E-state index contributed by atoms with van der Waals surface area (Å²) in [4.78, 5) is 12.8. The molecule has 0 unspecified atom stereocenters. The first-order valence-corrected chi connectivity index (χ1v) is 9.96. The molecule has 33 heavy (non-hydrogen) atoms. The summed E-state index contributed by atoms with van der Waals surface area (Å²) in [5.41, 5.74) is 2.43. The number of methoxy groups -OCH3 is 1. The minimum atomic E-state index is -0.523. The van der Waals surface area contributed by atoms with Gasteiger partial charge in [-0.2, -0.15) is 4.68 Å². The fourth-order valence-corrected chi connectivity index (χ4v) is 3.20. The summed E-state index contributed by atoms with van der Waals surface area (Å²) >= 11 is 0. The van der Waals surface area contributed by atoms with Gasteiger partial charge in [0.15, 0.2) is 17.3 Å². The molecule has 0 aliphatic carbocycles. The molecule has 10 nitrogen and oxygen atoms in total. The maximum Gasteiger partial charge on any atom is 0.255 e. The van der Waals surface area contributed by atoms with Crippen molar-refractivity contribution in [3.05, 3.63) is 70.6 Å². The van der Waals surface area contributed by atoms with E-state index in [1.807, 2.05) is 13.8 Å². The van der Waals surface area contributed by atoms with E-state index in [1.54, 1.807) is 25.1 Å². The molecule has 0 saturated carbocycles. The summed E-state index contributed by atoms with van der Waals surface area (Å²) in [6.07, 6.45) is 0. The lowest BCUT2D eigenvalue weighted by Gasteiger charge is -2.13. The smallest absolute Gasteiger partial charge is 0.255 e. The lowest BCUT2D eigenvalue weighted by molar-refractivity contribution is 0.102. The fraction of sp³-hybridized carbons (Fsp3) is 0.227. The third-order valence-corrected chi connectivity index (χ3v) is 5.04. The van der Waals surface area contributed by atoms with E-state index in [4.69, 9.17) is 14.0 Å².